The van der Waals surface area contributed by atoms with Gasteiger partial charge in [0.1, 0.15) is 22.2 Å². The second-order valence-electron chi connectivity index (χ2n) is 8.69. The molecule has 1 aliphatic rings. The van der Waals surface area contributed by atoms with Crippen molar-refractivity contribution >= 4 is 17.5 Å². The molecule has 0 unspecified atom stereocenters. The fourth-order valence-electron chi connectivity index (χ4n) is 4.12. The second kappa shape index (κ2) is 7.00. The molecule has 1 N–H and O–H groups in total. The van der Waals surface area contributed by atoms with Gasteiger partial charge >= 0.3 is 0 Å². The standard InChI is InChI=1S/C22H25ClN4O2/c1-13-7-15(8-14(2)16(13)9-24)29-22(6)12-21(5,20(22,3)4)27-19(28)17-10-26-18(23)11-25-17/h7-8,10-11H,12H2,1-6H3,(H,27,28)/t21-,22-/m1/s1. The third kappa shape index (κ3) is 3.44. The molecule has 1 aliphatic carbocycles. The minimum absolute atomic E-state index is 0.222. The summed E-state index contributed by atoms with van der Waals surface area (Å²) in [6, 6.07) is 6.02. The van der Waals surface area contributed by atoms with Gasteiger partial charge in [-0.2, -0.15) is 5.26 Å². The SMILES string of the molecule is Cc1cc(O[C@]2(C)C[C@@](C)(NC(=O)c3cnc(Cl)cn3)C2(C)C)cc(C)c1C#N. The Hall–Kier alpha value is -2.65. The van der Waals surface area contributed by atoms with Gasteiger partial charge in [0.05, 0.1) is 29.6 Å². The lowest BCUT2D eigenvalue weighted by Crippen LogP contribution is -2.77. The van der Waals surface area contributed by atoms with E-state index in [1.54, 1.807) is 0 Å². The Bertz CT molecular complexity index is 989. The van der Waals surface area contributed by atoms with Crippen molar-refractivity contribution in [3.8, 4) is 11.8 Å². The third-order valence-electron chi connectivity index (χ3n) is 6.60. The van der Waals surface area contributed by atoms with E-state index >= 15 is 0 Å². The molecule has 7 heteroatoms. The summed E-state index contributed by atoms with van der Waals surface area (Å²) in [5.41, 5.74) is 1.33. The minimum Gasteiger partial charge on any atom is -0.487 e. The average Bonchev–Trinajstić information content (AvgIpc) is 2.61. The topological polar surface area (TPSA) is 87.9 Å². The van der Waals surface area contributed by atoms with Crippen LogP contribution in [-0.4, -0.2) is 27.0 Å². The lowest BCUT2D eigenvalue weighted by Gasteiger charge is -2.65. The molecule has 0 bridgehead atoms. The van der Waals surface area contributed by atoms with E-state index in [0.717, 1.165) is 16.9 Å². The first-order valence-electron chi connectivity index (χ1n) is 9.43. The number of aryl methyl sites for hydroxylation is 2. The Kier molecular flexibility index (Phi) is 5.08. The molecule has 1 amide bonds. The number of benzene rings is 1. The number of rotatable bonds is 4. The van der Waals surface area contributed by atoms with Crippen LogP contribution in [0.25, 0.3) is 0 Å². The molecule has 29 heavy (non-hydrogen) atoms. The van der Waals surface area contributed by atoms with E-state index in [2.05, 4.69) is 35.2 Å². The first-order valence-corrected chi connectivity index (χ1v) is 9.81. The number of hydrogen-bond donors (Lipinski definition) is 1. The van der Waals surface area contributed by atoms with Crippen LogP contribution in [0.1, 0.15) is 61.3 Å². The lowest BCUT2D eigenvalue weighted by atomic mass is 9.48. The van der Waals surface area contributed by atoms with Gasteiger partial charge in [0.2, 0.25) is 0 Å². The minimum atomic E-state index is -0.492. The van der Waals surface area contributed by atoms with E-state index in [1.807, 2.05) is 39.8 Å². The zero-order chi connectivity index (χ0) is 21.6. The van der Waals surface area contributed by atoms with Crippen molar-refractivity contribution in [3.05, 3.63) is 52.1 Å². The quantitative estimate of drug-likeness (QED) is 0.805. The number of carbonyl (C=O) groups excluding carboxylic acids is 1. The highest BCUT2D eigenvalue weighted by atomic mass is 35.5. The van der Waals surface area contributed by atoms with Crippen molar-refractivity contribution in [2.45, 2.75) is 59.1 Å². The summed E-state index contributed by atoms with van der Waals surface area (Å²) in [6.45, 7) is 12.0. The molecule has 152 valence electrons. The molecule has 1 aromatic carbocycles. The van der Waals surface area contributed by atoms with Crippen LogP contribution in [0, 0.1) is 30.6 Å². The number of ether oxygens (including phenoxy) is 1. The molecule has 6 nitrogen and oxygen atoms in total. The van der Waals surface area contributed by atoms with Crippen LogP contribution in [-0.2, 0) is 0 Å². The van der Waals surface area contributed by atoms with E-state index in [9.17, 15) is 10.1 Å². The first kappa shape index (κ1) is 21.1. The maximum atomic E-state index is 12.7. The number of aromatic nitrogens is 2. The molecule has 3 rings (SSSR count). The van der Waals surface area contributed by atoms with E-state index < -0.39 is 11.1 Å². The largest absolute Gasteiger partial charge is 0.487 e. The van der Waals surface area contributed by atoms with E-state index in [1.165, 1.54) is 12.4 Å². The highest BCUT2D eigenvalue weighted by Crippen LogP contribution is 2.58. The van der Waals surface area contributed by atoms with Gasteiger partial charge in [-0.25, -0.2) is 9.97 Å². The van der Waals surface area contributed by atoms with Gasteiger partial charge in [0.25, 0.3) is 5.91 Å². The Labute approximate surface area is 176 Å². The molecule has 1 saturated carbocycles. The zero-order valence-electron chi connectivity index (χ0n) is 17.6. The normalized spacial score (nSPS) is 24.9. The number of nitrogens with zero attached hydrogens (tertiary/aromatic N) is 3. The van der Waals surface area contributed by atoms with E-state index in [-0.39, 0.29) is 22.2 Å². The zero-order valence-corrected chi connectivity index (χ0v) is 18.3. The van der Waals surface area contributed by atoms with Crippen LogP contribution in [0.4, 0.5) is 0 Å². The average molecular weight is 413 g/mol. The summed E-state index contributed by atoms with van der Waals surface area (Å²) in [6.07, 6.45) is 3.34. The maximum absolute atomic E-state index is 12.7. The Balaban J connectivity index is 1.79. The summed E-state index contributed by atoms with van der Waals surface area (Å²) in [7, 11) is 0. The van der Waals surface area contributed by atoms with Crippen molar-refractivity contribution in [3.63, 3.8) is 0 Å². The van der Waals surface area contributed by atoms with Crippen LogP contribution < -0.4 is 10.1 Å². The van der Waals surface area contributed by atoms with E-state index in [4.69, 9.17) is 16.3 Å². The molecule has 0 saturated heterocycles. The Morgan fingerprint density at radius 2 is 1.79 bits per heavy atom. The summed E-state index contributed by atoms with van der Waals surface area (Å²) >= 11 is 5.75. The maximum Gasteiger partial charge on any atom is 0.271 e. The fourth-order valence-corrected chi connectivity index (χ4v) is 4.22. The number of nitrogens with one attached hydrogen (secondary N) is 1. The summed E-state index contributed by atoms with van der Waals surface area (Å²) < 4.78 is 6.41. The van der Waals surface area contributed by atoms with Gasteiger partial charge in [-0.1, -0.05) is 25.4 Å². The first-order chi connectivity index (χ1) is 13.4. The van der Waals surface area contributed by atoms with Gasteiger partial charge in [-0.05, 0) is 51.0 Å². The monoisotopic (exact) mass is 412 g/mol. The molecule has 2 atom stereocenters. The summed E-state index contributed by atoms with van der Waals surface area (Å²) in [4.78, 5) is 20.6. The molecular weight excluding hydrogens is 388 g/mol. The van der Waals surface area contributed by atoms with Crippen molar-refractivity contribution in [2.75, 3.05) is 0 Å². The highest BCUT2D eigenvalue weighted by molar-refractivity contribution is 6.29. The van der Waals surface area contributed by atoms with Gasteiger partial charge in [-0.15, -0.1) is 0 Å². The Morgan fingerprint density at radius 3 is 2.28 bits per heavy atom. The van der Waals surface area contributed by atoms with Crippen LogP contribution in [0.3, 0.4) is 0 Å². The van der Waals surface area contributed by atoms with Crippen molar-refractivity contribution in [2.24, 2.45) is 5.41 Å². The van der Waals surface area contributed by atoms with Crippen molar-refractivity contribution in [1.29, 1.82) is 5.26 Å². The predicted molar refractivity (Wildman–Crippen MR) is 111 cm³/mol. The summed E-state index contributed by atoms with van der Waals surface area (Å²) in [5.74, 6) is 0.434. The van der Waals surface area contributed by atoms with Crippen LogP contribution in [0.5, 0.6) is 5.75 Å². The predicted octanol–water partition coefficient (Wildman–Crippen LogP) is 4.37. The molecule has 2 aromatic rings. The third-order valence-corrected chi connectivity index (χ3v) is 6.79. The molecule has 1 fully saturated rings. The number of nitriles is 1. The van der Waals surface area contributed by atoms with Crippen molar-refractivity contribution in [1.82, 2.24) is 15.3 Å². The second-order valence-corrected chi connectivity index (χ2v) is 9.08. The van der Waals surface area contributed by atoms with Gasteiger partial charge in [0.15, 0.2) is 0 Å². The fraction of sp³-hybridized carbons (Fsp3) is 0.455. The Morgan fingerprint density at radius 1 is 1.17 bits per heavy atom. The van der Waals surface area contributed by atoms with Crippen LogP contribution >= 0.6 is 11.6 Å². The molecule has 0 aliphatic heterocycles. The lowest BCUT2D eigenvalue weighted by molar-refractivity contribution is -0.180. The van der Waals surface area contributed by atoms with Crippen LogP contribution in [0.2, 0.25) is 5.15 Å². The molecule has 0 spiro atoms. The smallest absolute Gasteiger partial charge is 0.271 e. The van der Waals surface area contributed by atoms with Crippen LogP contribution in [0.15, 0.2) is 24.5 Å². The number of hydrogen-bond acceptors (Lipinski definition) is 5. The van der Waals surface area contributed by atoms with Gasteiger partial charge in [0, 0.05) is 11.8 Å². The molecule has 0 radical (unpaired) electrons. The van der Waals surface area contributed by atoms with Gasteiger partial charge < -0.3 is 10.1 Å². The molecule has 1 aromatic heterocycles. The van der Waals surface area contributed by atoms with Crippen molar-refractivity contribution < 1.29 is 9.53 Å². The molecule has 1 heterocycles. The van der Waals surface area contributed by atoms with Gasteiger partial charge in [-0.3, -0.25) is 4.79 Å². The summed E-state index contributed by atoms with van der Waals surface area (Å²) in [5, 5.41) is 12.6. The number of halogens is 1. The highest BCUT2D eigenvalue weighted by Gasteiger charge is 2.67. The molecular formula is C22H25ClN4O2. The number of carbonyl (C=O) groups is 1. The number of amides is 1. The van der Waals surface area contributed by atoms with E-state index in [0.29, 0.717) is 12.0 Å².